The van der Waals surface area contributed by atoms with Gasteiger partial charge in [0.15, 0.2) is 5.96 Å². The third kappa shape index (κ3) is 3.78. The Hall–Kier alpha value is -0.730. The maximum atomic E-state index is 4.86. The fourth-order valence-electron chi connectivity index (χ4n) is 4.45. The predicted octanol–water partition coefficient (Wildman–Crippen LogP) is 4.53. The molecule has 3 nitrogen and oxygen atoms in total. The number of likely N-dealkylation sites (N-methyl/N-ethyl adjacent to an activating group) is 1. The summed E-state index contributed by atoms with van der Waals surface area (Å²) in [6.07, 6.45) is 9.57. The summed E-state index contributed by atoms with van der Waals surface area (Å²) in [5.74, 6) is 1.24. The van der Waals surface area contributed by atoms with Crippen molar-refractivity contribution in [1.82, 2.24) is 9.80 Å². The van der Waals surface area contributed by atoms with Gasteiger partial charge < -0.3 is 9.80 Å². The molecule has 0 aromatic heterocycles. The maximum Gasteiger partial charge on any atom is 0.197 e. The van der Waals surface area contributed by atoms with Crippen LogP contribution in [0.1, 0.15) is 79.6 Å². The number of nitrogens with zero attached hydrogens (tertiary/aromatic N) is 3. The summed E-state index contributed by atoms with van der Waals surface area (Å²) in [5.41, 5.74) is 0.443. The minimum Gasteiger partial charge on any atom is -0.341 e. The van der Waals surface area contributed by atoms with Gasteiger partial charge in [-0.15, -0.1) is 0 Å². The highest BCUT2D eigenvalue weighted by Gasteiger charge is 2.44. The molecule has 128 valence electrons. The largest absolute Gasteiger partial charge is 0.341 e. The number of guanidine groups is 1. The van der Waals surface area contributed by atoms with E-state index in [1.54, 1.807) is 0 Å². The molecule has 2 aliphatic rings. The molecule has 2 atom stereocenters. The fraction of sp³-hybridized carbons (Fsp3) is 0.947. The molecule has 0 N–H and O–H groups in total. The summed E-state index contributed by atoms with van der Waals surface area (Å²) < 4.78 is 0. The molecular formula is C19H37N3. The van der Waals surface area contributed by atoms with Gasteiger partial charge in [-0.25, -0.2) is 0 Å². The first-order valence-corrected chi connectivity index (χ1v) is 9.43. The first-order valence-electron chi connectivity index (χ1n) is 9.43. The minimum atomic E-state index is 0.443. The number of rotatable bonds is 2. The van der Waals surface area contributed by atoms with Gasteiger partial charge in [0.1, 0.15) is 0 Å². The van der Waals surface area contributed by atoms with E-state index in [0.29, 0.717) is 23.5 Å². The fourth-order valence-corrected chi connectivity index (χ4v) is 4.45. The van der Waals surface area contributed by atoms with E-state index in [1.807, 2.05) is 0 Å². The van der Waals surface area contributed by atoms with Crippen LogP contribution in [0.15, 0.2) is 4.99 Å². The zero-order chi connectivity index (χ0) is 16.3. The Balaban J connectivity index is 2.32. The van der Waals surface area contributed by atoms with E-state index in [-0.39, 0.29) is 0 Å². The van der Waals surface area contributed by atoms with Crippen molar-refractivity contribution in [1.29, 1.82) is 0 Å². The van der Waals surface area contributed by atoms with Crippen LogP contribution in [0.25, 0.3) is 0 Å². The summed E-state index contributed by atoms with van der Waals surface area (Å²) in [7, 11) is 2.27. The molecule has 0 aromatic rings. The van der Waals surface area contributed by atoms with E-state index in [0.717, 1.165) is 6.54 Å². The van der Waals surface area contributed by atoms with Crippen molar-refractivity contribution in [2.75, 3.05) is 13.6 Å². The summed E-state index contributed by atoms with van der Waals surface area (Å²) in [5, 5.41) is 0. The van der Waals surface area contributed by atoms with Crippen LogP contribution in [-0.2, 0) is 0 Å². The Kier molecular flexibility index (Phi) is 5.79. The van der Waals surface area contributed by atoms with Crippen LogP contribution < -0.4 is 0 Å². The van der Waals surface area contributed by atoms with E-state index < -0.39 is 0 Å². The zero-order valence-corrected chi connectivity index (χ0v) is 15.7. The third-order valence-corrected chi connectivity index (χ3v) is 5.57. The molecular weight excluding hydrogens is 270 g/mol. The summed E-state index contributed by atoms with van der Waals surface area (Å²) >= 11 is 0. The minimum absolute atomic E-state index is 0.443. The molecule has 2 fully saturated rings. The molecule has 0 aromatic carbocycles. The molecule has 1 aliphatic heterocycles. The van der Waals surface area contributed by atoms with Gasteiger partial charge in [0.2, 0.25) is 0 Å². The van der Waals surface area contributed by atoms with Crippen molar-refractivity contribution < 1.29 is 0 Å². The van der Waals surface area contributed by atoms with Crippen LogP contribution in [0.3, 0.4) is 0 Å². The van der Waals surface area contributed by atoms with E-state index >= 15 is 0 Å². The lowest BCUT2D eigenvalue weighted by Crippen LogP contribution is -2.42. The van der Waals surface area contributed by atoms with Gasteiger partial charge in [0.25, 0.3) is 0 Å². The van der Waals surface area contributed by atoms with Crippen LogP contribution in [0, 0.1) is 5.41 Å². The lowest BCUT2D eigenvalue weighted by molar-refractivity contribution is 0.161. The van der Waals surface area contributed by atoms with Gasteiger partial charge in [-0.2, -0.15) is 0 Å². The monoisotopic (exact) mass is 307 g/mol. The second-order valence-corrected chi connectivity index (χ2v) is 8.34. The number of aliphatic imine (C=N–C) groups is 1. The molecule has 1 aliphatic carbocycles. The summed E-state index contributed by atoms with van der Waals surface area (Å²) in [4.78, 5) is 9.97. The van der Waals surface area contributed by atoms with Crippen molar-refractivity contribution >= 4 is 5.96 Å². The van der Waals surface area contributed by atoms with Gasteiger partial charge in [0, 0.05) is 19.6 Å². The van der Waals surface area contributed by atoms with Crippen molar-refractivity contribution in [2.45, 2.75) is 97.7 Å². The van der Waals surface area contributed by atoms with Crippen LogP contribution in [-0.4, -0.2) is 47.5 Å². The van der Waals surface area contributed by atoms with E-state index in [2.05, 4.69) is 51.5 Å². The SMILES string of the molecule is CC/N=C1/N(C)C2CC(C)(C)CCCCCCC2N1C(C)C. The lowest BCUT2D eigenvalue weighted by Gasteiger charge is -2.36. The second-order valence-electron chi connectivity index (χ2n) is 8.34. The first kappa shape index (κ1) is 17.6. The van der Waals surface area contributed by atoms with E-state index in [1.165, 1.54) is 50.9 Å². The van der Waals surface area contributed by atoms with Crippen LogP contribution in [0.2, 0.25) is 0 Å². The Morgan fingerprint density at radius 3 is 2.45 bits per heavy atom. The molecule has 2 rings (SSSR count). The number of hydrogen-bond acceptors (Lipinski definition) is 1. The molecule has 1 saturated carbocycles. The average molecular weight is 308 g/mol. The highest BCUT2D eigenvalue weighted by Crippen LogP contribution is 2.39. The molecule has 1 saturated heterocycles. The van der Waals surface area contributed by atoms with E-state index in [4.69, 9.17) is 4.99 Å². The van der Waals surface area contributed by atoms with Crippen molar-refractivity contribution in [3.8, 4) is 0 Å². The highest BCUT2D eigenvalue weighted by atomic mass is 15.5. The summed E-state index contributed by atoms with van der Waals surface area (Å²) in [6.45, 7) is 12.6. The standard InChI is InChI=1S/C19H37N3/c1-7-20-18-21(6)17-14-19(4,5)13-11-9-8-10-12-16(17)22(18)15(2)3/h15-17H,7-14H2,1-6H3/b20-18-. The van der Waals surface area contributed by atoms with Gasteiger partial charge in [-0.1, -0.05) is 39.5 Å². The van der Waals surface area contributed by atoms with Crippen LogP contribution in [0.4, 0.5) is 0 Å². The smallest absolute Gasteiger partial charge is 0.197 e. The molecule has 3 heteroatoms. The normalized spacial score (nSPS) is 31.7. The van der Waals surface area contributed by atoms with Gasteiger partial charge in [-0.3, -0.25) is 4.99 Å². The molecule has 0 bridgehead atoms. The molecule has 2 unspecified atom stereocenters. The summed E-state index contributed by atoms with van der Waals surface area (Å²) in [6, 6.07) is 1.81. The topological polar surface area (TPSA) is 18.8 Å². The first-order chi connectivity index (χ1) is 10.4. The Morgan fingerprint density at radius 1 is 1.14 bits per heavy atom. The van der Waals surface area contributed by atoms with Crippen LogP contribution in [0.5, 0.6) is 0 Å². The third-order valence-electron chi connectivity index (χ3n) is 5.57. The second kappa shape index (κ2) is 7.23. The van der Waals surface area contributed by atoms with Gasteiger partial charge in [-0.05, 0) is 45.4 Å². The Labute approximate surface area is 138 Å². The molecule has 0 radical (unpaired) electrons. The molecule has 1 heterocycles. The molecule has 0 amide bonds. The lowest BCUT2D eigenvalue weighted by atomic mass is 9.77. The number of fused-ring (bicyclic) bond motifs is 1. The highest BCUT2D eigenvalue weighted by molar-refractivity contribution is 5.83. The average Bonchev–Trinajstić information content (AvgIpc) is 2.68. The molecule has 0 spiro atoms. The quantitative estimate of drug-likeness (QED) is 0.746. The predicted molar refractivity (Wildman–Crippen MR) is 96.4 cm³/mol. The number of hydrogen-bond donors (Lipinski definition) is 0. The van der Waals surface area contributed by atoms with E-state index in [9.17, 15) is 0 Å². The van der Waals surface area contributed by atoms with Crippen molar-refractivity contribution in [3.05, 3.63) is 0 Å². The van der Waals surface area contributed by atoms with Crippen molar-refractivity contribution in [3.63, 3.8) is 0 Å². The maximum absolute atomic E-state index is 4.86. The van der Waals surface area contributed by atoms with Crippen LogP contribution >= 0.6 is 0 Å². The Morgan fingerprint density at radius 2 is 1.82 bits per heavy atom. The molecule has 22 heavy (non-hydrogen) atoms. The Bertz CT molecular complexity index is 386. The van der Waals surface area contributed by atoms with Crippen molar-refractivity contribution in [2.24, 2.45) is 10.4 Å². The van der Waals surface area contributed by atoms with Gasteiger partial charge in [0.05, 0.1) is 12.1 Å². The zero-order valence-electron chi connectivity index (χ0n) is 15.7. The van der Waals surface area contributed by atoms with Gasteiger partial charge >= 0.3 is 0 Å².